The van der Waals surface area contributed by atoms with Crippen molar-refractivity contribution in [2.24, 2.45) is 5.73 Å². The third-order valence-corrected chi connectivity index (χ3v) is 2.98. The zero-order valence-corrected chi connectivity index (χ0v) is 11.1. The Morgan fingerprint density at radius 2 is 2.11 bits per heavy atom. The molecule has 0 radical (unpaired) electrons. The lowest BCUT2D eigenvalue weighted by Gasteiger charge is -2.09. The van der Waals surface area contributed by atoms with Crippen molar-refractivity contribution in [3.8, 4) is 0 Å². The molecule has 0 aliphatic rings. The minimum atomic E-state index is 0.0317. The van der Waals surface area contributed by atoms with Crippen molar-refractivity contribution in [3.63, 3.8) is 0 Å². The molecule has 0 unspecified atom stereocenters. The van der Waals surface area contributed by atoms with Crippen molar-refractivity contribution in [2.45, 2.75) is 26.2 Å². The molecule has 1 amide bonds. The van der Waals surface area contributed by atoms with Crippen molar-refractivity contribution >= 4 is 22.5 Å². The highest BCUT2D eigenvalue weighted by atomic mass is 16.1. The Balaban J connectivity index is 2.18. The van der Waals surface area contributed by atoms with Crippen LogP contribution in [-0.4, -0.2) is 17.4 Å². The molecule has 0 spiro atoms. The van der Waals surface area contributed by atoms with E-state index in [1.165, 1.54) is 0 Å². The normalized spacial score (nSPS) is 10.6. The second-order valence-corrected chi connectivity index (χ2v) is 4.62. The topological polar surface area (TPSA) is 68.0 Å². The van der Waals surface area contributed by atoms with Gasteiger partial charge in [0.25, 0.3) is 0 Å². The summed E-state index contributed by atoms with van der Waals surface area (Å²) in [5, 5.41) is 3.94. The van der Waals surface area contributed by atoms with Crippen LogP contribution in [0.1, 0.15) is 25.0 Å². The molecule has 1 aromatic carbocycles. The highest BCUT2D eigenvalue weighted by molar-refractivity contribution is 6.00. The lowest BCUT2D eigenvalue weighted by molar-refractivity contribution is -0.116. The van der Waals surface area contributed by atoms with Gasteiger partial charge in [-0.15, -0.1) is 0 Å². The summed E-state index contributed by atoms with van der Waals surface area (Å²) >= 11 is 0. The number of aromatic nitrogens is 1. The molecule has 0 bridgehead atoms. The van der Waals surface area contributed by atoms with E-state index in [0.717, 1.165) is 35.1 Å². The summed E-state index contributed by atoms with van der Waals surface area (Å²) in [6, 6.07) is 9.72. The average molecular weight is 257 g/mol. The first-order valence-corrected chi connectivity index (χ1v) is 6.57. The summed E-state index contributed by atoms with van der Waals surface area (Å²) in [6.07, 6.45) is 2.21. The monoisotopic (exact) mass is 257 g/mol. The van der Waals surface area contributed by atoms with Gasteiger partial charge in [0, 0.05) is 17.5 Å². The summed E-state index contributed by atoms with van der Waals surface area (Å²) in [7, 11) is 0. The molecule has 19 heavy (non-hydrogen) atoms. The SMILES string of the molecule is Cc1cc(NC(=O)CCCCN)c2ccccc2n1. The molecule has 3 N–H and O–H groups in total. The number of para-hydroxylation sites is 1. The molecule has 0 fully saturated rings. The predicted molar refractivity (Wildman–Crippen MR) is 78.0 cm³/mol. The third kappa shape index (κ3) is 3.51. The number of nitrogens with zero attached hydrogens (tertiary/aromatic N) is 1. The van der Waals surface area contributed by atoms with Gasteiger partial charge < -0.3 is 11.1 Å². The van der Waals surface area contributed by atoms with Crippen molar-refractivity contribution in [1.29, 1.82) is 0 Å². The van der Waals surface area contributed by atoms with E-state index in [1.807, 2.05) is 37.3 Å². The summed E-state index contributed by atoms with van der Waals surface area (Å²) in [5.41, 5.74) is 8.06. The molecule has 1 aromatic heterocycles. The number of hydrogen-bond acceptors (Lipinski definition) is 3. The van der Waals surface area contributed by atoms with Crippen molar-refractivity contribution in [3.05, 3.63) is 36.0 Å². The van der Waals surface area contributed by atoms with Crippen molar-refractivity contribution in [2.75, 3.05) is 11.9 Å². The molecule has 0 saturated carbocycles. The standard InChI is InChI=1S/C15H19N3O/c1-11-10-14(18-15(19)8-4-5-9-16)12-6-2-3-7-13(12)17-11/h2-3,6-7,10H,4-5,8-9,16H2,1H3,(H,17,18,19). The maximum atomic E-state index is 11.9. The molecule has 2 aromatic rings. The van der Waals surface area contributed by atoms with Gasteiger partial charge in [0.1, 0.15) is 0 Å². The molecular formula is C15H19N3O. The molecule has 0 saturated heterocycles. The molecule has 1 heterocycles. The number of benzene rings is 1. The van der Waals surface area contributed by atoms with Gasteiger partial charge in [-0.05, 0) is 38.4 Å². The van der Waals surface area contributed by atoms with Gasteiger partial charge >= 0.3 is 0 Å². The molecule has 0 aliphatic heterocycles. The molecule has 2 rings (SSSR count). The van der Waals surface area contributed by atoms with Gasteiger partial charge in [-0.3, -0.25) is 9.78 Å². The van der Waals surface area contributed by atoms with Gasteiger partial charge in [-0.1, -0.05) is 18.2 Å². The maximum absolute atomic E-state index is 11.9. The zero-order valence-electron chi connectivity index (χ0n) is 11.1. The fourth-order valence-corrected chi connectivity index (χ4v) is 2.05. The van der Waals surface area contributed by atoms with E-state index in [-0.39, 0.29) is 5.91 Å². The Hall–Kier alpha value is -1.94. The lowest BCUT2D eigenvalue weighted by atomic mass is 10.1. The quantitative estimate of drug-likeness (QED) is 0.809. The fourth-order valence-electron chi connectivity index (χ4n) is 2.05. The first-order valence-electron chi connectivity index (χ1n) is 6.57. The van der Waals surface area contributed by atoms with Crippen LogP contribution in [0.25, 0.3) is 10.9 Å². The minimum Gasteiger partial charge on any atom is -0.330 e. The molecule has 100 valence electrons. The number of rotatable bonds is 5. The van der Waals surface area contributed by atoms with Gasteiger partial charge in [0.2, 0.25) is 5.91 Å². The van der Waals surface area contributed by atoms with Gasteiger partial charge in [-0.2, -0.15) is 0 Å². The van der Waals surface area contributed by atoms with Crippen LogP contribution < -0.4 is 11.1 Å². The van der Waals surface area contributed by atoms with Crippen LogP contribution in [0.3, 0.4) is 0 Å². The number of amides is 1. The van der Waals surface area contributed by atoms with E-state index in [9.17, 15) is 4.79 Å². The number of unbranched alkanes of at least 4 members (excludes halogenated alkanes) is 1. The molecular weight excluding hydrogens is 238 g/mol. The summed E-state index contributed by atoms with van der Waals surface area (Å²) in [5.74, 6) is 0.0317. The van der Waals surface area contributed by atoms with E-state index in [1.54, 1.807) is 0 Å². The van der Waals surface area contributed by atoms with Crippen LogP contribution in [0.4, 0.5) is 5.69 Å². The Morgan fingerprint density at radius 3 is 2.89 bits per heavy atom. The number of pyridine rings is 1. The Bertz CT molecular complexity index is 581. The van der Waals surface area contributed by atoms with Crippen LogP contribution >= 0.6 is 0 Å². The number of carbonyl (C=O) groups excluding carboxylic acids is 1. The summed E-state index contributed by atoms with van der Waals surface area (Å²) in [6.45, 7) is 2.56. The number of nitrogens with two attached hydrogens (primary N) is 1. The number of carbonyl (C=O) groups is 1. The molecule has 4 nitrogen and oxygen atoms in total. The van der Waals surface area contributed by atoms with Gasteiger partial charge in [-0.25, -0.2) is 0 Å². The smallest absolute Gasteiger partial charge is 0.224 e. The predicted octanol–water partition coefficient (Wildman–Crippen LogP) is 2.61. The van der Waals surface area contributed by atoms with Crippen LogP contribution in [0.15, 0.2) is 30.3 Å². The number of nitrogens with one attached hydrogen (secondary N) is 1. The largest absolute Gasteiger partial charge is 0.330 e. The van der Waals surface area contributed by atoms with Gasteiger partial charge in [0.05, 0.1) is 11.2 Å². The lowest BCUT2D eigenvalue weighted by Crippen LogP contribution is -2.12. The fraction of sp³-hybridized carbons (Fsp3) is 0.333. The second-order valence-electron chi connectivity index (χ2n) is 4.62. The van der Waals surface area contributed by atoms with Crippen LogP contribution in [0, 0.1) is 6.92 Å². The Labute approximate surface area is 113 Å². The zero-order chi connectivity index (χ0) is 13.7. The number of hydrogen-bond donors (Lipinski definition) is 2. The first kappa shape index (κ1) is 13.5. The Morgan fingerprint density at radius 1 is 1.32 bits per heavy atom. The highest BCUT2D eigenvalue weighted by Crippen LogP contribution is 2.23. The van der Waals surface area contributed by atoms with E-state index < -0.39 is 0 Å². The number of aryl methyl sites for hydroxylation is 1. The summed E-state index contributed by atoms with van der Waals surface area (Å²) in [4.78, 5) is 16.3. The molecule has 0 atom stereocenters. The molecule has 4 heteroatoms. The van der Waals surface area contributed by atoms with Crippen LogP contribution in [-0.2, 0) is 4.79 Å². The van der Waals surface area contributed by atoms with Crippen LogP contribution in [0.5, 0.6) is 0 Å². The maximum Gasteiger partial charge on any atom is 0.224 e. The number of anilines is 1. The van der Waals surface area contributed by atoms with E-state index in [2.05, 4.69) is 10.3 Å². The minimum absolute atomic E-state index is 0.0317. The highest BCUT2D eigenvalue weighted by Gasteiger charge is 2.07. The van der Waals surface area contributed by atoms with Gasteiger partial charge in [0.15, 0.2) is 0 Å². The number of fused-ring (bicyclic) bond motifs is 1. The van der Waals surface area contributed by atoms with E-state index in [4.69, 9.17) is 5.73 Å². The average Bonchev–Trinajstić information content (AvgIpc) is 2.39. The Kier molecular flexibility index (Phi) is 4.47. The van der Waals surface area contributed by atoms with Crippen LogP contribution in [0.2, 0.25) is 0 Å². The van der Waals surface area contributed by atoms with E-state index >= 15 is 0 Å². The third-order valence-electron chi connectivity index (χ3n) is 2.98. The van der Waals surface area contributed by atoms with Crippen molar-refractivity contribution < 1.29 is 4.79 Å². The summed E-state index contributed by atoms with van der Waals surface area (Å²) < 4.78 is 0. The van der Waals surface area contributed by atoms with E-state index in [0.29, 0.717) is 13.0 Å². The second kappa shape index (κ2) is 6.29. The molecule has 0 aliphatic carbocycles. The van der Waals surface area contributed by atoms with Crippen molar-refractivity contribution in [1.82, 2.24) is 4.98 Å². The first-order chi connectivity index (χ1) is 9.20.